The quantitative estimate of drug-likeness (QED) is 0.741. The number of benzene rings is 2. The standard InChI is InChI=1S/C19H22FNO3/c1-3-21(13-15-8-7-9-16(20)12-15)19(22)14-24-18-11-6-5-10-17(18)23-4-2/h5-12H,3-4,13-14H2,1-2H3. The monoisotopic (exact) mass is 331 g/mol. The van der Waals surface area contributed by atoms with Crippen LogP contribution in [0.2, 0.25) is 0 Å². The second-order valence-electron chi connectivity index (χ2n) is 5.21. The largest absolute Gasteiger partial charge is 0.490 e. The maximum absolute atomic E-state index is 13.3. The first kappa shape index (κ1) is 17.8. The molecule has 1 amide bonds. The van der Waals surface area contributed by atoms with Crippen molar-refractivity contribution in [2.75, 3.05) is 19.8 Å². The highest BCUT2D eigenvalue weighted by molar-refractivity contribution is 5.77. The van der Waals surface area contributed by atoms with Crippen LogP contribution in [-0.4, -0.2) is 30.6 Å². The molecule has 2 aromatic carbocycles. The summed E-state index contributed by atoms with van der Waals surface area (Å²) in [6.07, 6.45) is 0. The van der Waals surface area contributed by atoms with Crippen molar-refractivity contribution in [2.24, 2.45) is 0 Å². The Balaban J connectivity index is 1.97. The van der Waals surface area contributed by atoms with E-state index in [0.717, 1.165) is 5.56 Å². The van der Waals surface area contributed by atoms with Gasteiger partial charge in [0, 0.05) is 13.1 Å². The number of ether oxygens (including phenoxy) is 2. The first-order valence-corrected chi connectivity index (χ1v) is 8.00. The lowest BCUT2D eigenvalue weighted by Crippen LogP contribution is -2.34. The molecular formula is C19H22FNO3. The Morgan fingerprint density at radius 2 is 1.75 bits per heavy atom. The van der Waals surface area contributed by atoms with Gasteiger partial charge in [-0.05, 0) is 43.7 Å². The molecule has 0 fully saturated rings. The molecule has 0 aromatic heterocycles. The number of carbonyl (C=O) groups is 1. The van der Waals surface area contributed by atoms with Gasteiger partial charge in [-0.2, -0.15) is 0 Å². The number of halogens is 1. The molecule has 2 aromatic rings. The molecule has 0 saturated carbocycles. The van der Waals surface area contributed by atoms with E-state index in [0.29, 0.717) is 31.2 Å². The number of hydrogen-bond donors (Lipinski definition) is 0. The Labute approximate surface area is 141 Å². The van der Waals surface area contributed by atoms with Gasteiger partial charge in [0.1, 0.15) is 5.82 Å². The van der Waals surface area contributed by atoms with Crippen LogP contribution in [0.3, 0.4) is 0 Å². The summed E-state index contributed by atoms with van der Waals surface area (Å²) in [5.41, 5.74) is 0.750. The molecule has 0 saturated heterocycles. The summed E-state index contributed by atoms with van der Waals surface area (Å²) in [5.74, 6) is 0.682. The fourth-order valence-corrected chi connectivity index (χ4v) is 2.31. The number of likely N-dealkylation sites (N-methyl/N-ethyl adjacent to an activating group) is 1. The van der Waals surface area contributed by atoms with Crippen molar-refractivity contribution in [3.8, 4) is 11.5 Å². The zero-order chi connectivity index (χ0) is 17.4. The molecule has 0 atom stereocenters. The van der Waals surface area contributed by atoms with Crippen LogP contribution in [0.4, 0.5) is 4.39 Å². The predicted molar refractivity (Wildman–Crippen MR) is 90.6 cm³/mol. The normalized spacial score (nSPS) is 10.3. The summed E-state index contributed by atoms with van der Waals surface area (Å²) < 4.78 is 24.3. The molecule has 4 nitrogen and oxygen atoms in total. The van der Waals surface area contributed by atoms with Crippen LogP contribution in [-0.2, 0) is 11.3 Å². The van der Waals surface area contributed by atoms with Crippen LogP contribution in [0.5, 0.6) is 11.5 Å². The third-order valence-corrected chi connectivity index (χ3v) is 3.50. The van der Waals surface area contributed by atoms with Gasteiger partial charge in [-0.25, -0.2) is 4.39 Å². The fraction of sp³-hybridized carbons (Fsp3) is 0.316. The van der Waals surface area contributed by atoms with Gasteiger partial charge < -0.3 is 14.4 Å². The van der Waals surface area contributed by atoms with E-state index >= 15 is 0 Å². The number of nitrogens with zero attached hydrogens (tertiary/aromatic N) is 1. The number of hydrogen-bond acceptors (Lipinski definition) is 3. The minimum Gasteiger partial charge on any atom is -0.490 e. The van der Waals surface area contributed by atoms with Crippen molar-refractivity contribution < 1.29 is 18.7 Å². The lowest BCUT2D eigenvalue weighted by molar-refractivity contribution is -0.133. The summed E-state index contributed by atoms with van der Waals surface area (Å²) >= 11 is 0. The van der Waals surface area contributed by atoms with E-state index in [-0.39, 0.29) is 18.3 Å². The summed E-state index contributed by atoms with van der Waals surface area (Å²) in [4.78, 5) is 14.0. The molecule has 0 aliphatic carbocycles. The Kier molecular flexibility index (Phi) is 6.61. The van der Waals surface area contributed by atoms with Crippen LogP contribution in [0.15, 0.2) is 48.5 Å². The van der Waals surface area contributed by atoms with Gasteiger partial charge in [-0.1, -0.05) is 24.3 Å². The second-order valence-corrected chi connectivity index (χ2v) is 5.21. The van der Waals surface area contributed by atoms with Gasteiger partial charge in [0.05, 0.1) is 6.61 Å². The Bertz CT molecular complexity index is 675. The van der Waals surface area contributed by atoms with E-state index in [1.165, 1.54) is 12.1 Å². The lowest BCUT2D eigenvalue weighted by Gasteiger charge is -2.21. The lowest BCUT2D eigenvalue weighted by atomic mass is 10.2. The molecule has 0 aliphatic rings. The molecule has 0 bridgehead atoms. The van der Waals surface area contributed by atoms with Gasteiger partial charge in [-0.15, -0.1) is 0 Å². The van der Waals surface area contributed by atoms with Crippen LogP contribution >= 0.6 is 0 Å². The third-order valence-electron chi connectivity index (χ3n) is 3.50. The van der Waals surface area contributed by atoms with Gasteiger partial charge in [0.2, 0.25) is 0 Å². The third kappa shape index (κ3) is 4.98. The van der Waals surface area contributed by atoms with E-state index in [1.54, 1.807) is 29.2 Å². The van der Waals surface area contributed by atoms with Gasteiger partial charge >= 0.3 is 0 Å². The van der Waals surface area contributed by atoms with E-state index in [1.807, 2.05) is 26.0 Å². The summed E-state index contributed by atoms with van der Waals surface area (Å²) in [6.45, 7) is 5.07. The minimum atomic E-state index is -0.308. The van der Waals surface area contributed by atoms with E-state index in [4.69, 9.17) is 9.47 Å². The highest BCUT2D eigenvalue weighted by atomic mass is 19.1. The molecule has 0 unspecified atom stereocenters. The molecule has 0 radical (unpaired) electrons. The summed E-state index contributed by atoms with van der Waals surface area (Å²) in [5, 5.41) is 0. The zero-order valence-corrected chi connectivity index (χ0v) is 14.0. The minimum absolute atomic E-state index is 0.0900. The van der Waals surface area contributed by atoms with E-state index in [9.17, 15) is 9.18 Å². The molecular weight excluding hydrogens is 309 g/mol. The van der Waals surface area contributed by atoms with Gasteiger partial charge in [0.25, 0.3) is 5.91 Å². The predicted octanol–water partition coefficient (Wildman–Crippen LogP) is 3.65. The van der Waals surface area contributed by atoms with Crippen molar-refractivity contribution in [3.63, 3.8) is 0 Å². The highest BCUT2D eigenvalue weighted by Gasteiger charge is 2.14. The Morgan fingerprint density at radius 3 is 2.38 bits per heavy atom. The van der Waals surface area contributed by atoms with Crippen molar-refractivity contribution in [1.29, 1.82) is 0 Å². The van der Waals surface area contributed by atoms with Crippen molar-refractivity contribution in [3.05, 3.63) is 59.9 Å². The Morgan fingerprint density at radius 1 is 1.04 bits per heavy atom. The number of para-hydroxylation sites is 2. The molecule has 0 spiro atoms. The first-order chi connectivity index (χ1) is 11.6. The molecule has 2 rings (SSSR count). The highest BCUT2D eigenvalue weighted by Crippen LogP contribution is 2.26. The molecule has 0 heterocycles. The average Bonchev–Trinajstić information content (AvgIpc) is 2.59. The van der Waals surface area contributed by atoms with Gasteiger partial charge in [0.15, 0.2) is 18.1 Å². The summed E-state index contributed by atoms with van der Waals surface area (Å²) in [6, 6.07) is 13.5. The van der Waals surface area contributed by atoms with E-state index < -0.39 is 0 Å². The molecule has 128 valence electrons. The number of rotatable bonds is 8. The van der Waals surface area contributed by atoms with Crippen molar-refractivity contribution >= 4 is 5.91 Å². The van der Waals surface area contributed by atoms with Crippen LogP contribution < -0.4 is 9.47 Å². The molecule has 24 heavy (non-hydrogen) atoms. The van der Waals surface area contributed by atoms with Crippen LogP contribution in [0.25, 0.3) is 0 Å². The Hall–Kier alpha value is -2.56. The maximum atomic E-state index is 13.3. The van der Waals surface area contributed by atoms with Crippen molar-refractivity contribution in [2.45, 2.75) is 20.4 Å². The van der Waals surface area contributed by atoms with Crippen LogP contribution in [0, 0.1) is 5.82 Å². The smallest absolute Gasteiger partial charge is 0.260 e. The molecule has 0 N–H and O–H groups in total. The zero-order valence-electron chi connectivity index (χ0n) is 14.0. The van der Waals surface area contributed by atoms with E-state index in [2.05, 4.69) is 0 Å². The van der Waals surface area contributed by atoms with Crippen LogP contribution in [0.1, 0.15) is 19.4 Å². The number of carbonyl (C=O) groups excluding carboxylic acids is 1. The fourth-order valence-electron chi connectivity index (χ4n) is 2.31. The summed E-state index contributed by atoms with van der Waals surface area (Å²) in [7, 11) is 0. The molecule has 5 heteroatoms. The second kappa shape index (κ2) is 8.91. The topological polar surface area (TPSA) is 38.8 Å². The maximum Gasteiger partial charge on any atom is 0.260 e. The van der Waals surface area contributed by atoms with Crippen molar-refractivity contribution in [1.82, 2.24) is 4.90 Å². The SMILES string of the molecule is CCOc1ccccc1OCC(=O)N(CC)Cc1cccc(F)c1. The first-order valence-electron chi connectivity index (χ1n) is 8.00. The van der Waals surface area contributed by atoms with Gasteiger partial charge in [-0.3, -0.25) is 4.79 Å². The number of amides is 1. The average molecular weight is 331 g/mol. The molecule has 0 aliphatic heterocycles.